The van der Waals surface area contributed by atoms with Crippen molar-refractivity contribution in [2.24, 2.45) is 5.92 Å². The van der Waals surface area contributed by atoms with Crippen LogP contribution in [0.25, 0.3) is 0 Å². The number of rotatable bonds is 8. The summed E-state index contributed by atoms with van der Waals surface area (Å²) in [6.07, 6.45) is 2.09. The van der Waals surface area contributed by atoms with Crippen LogP contribution in [0.15, 0.2) is 0 Å². The minimum Gasteiger partial charge on any atom is -0.389 e. The highest BCUT2D eigenvalue weighted by Gasteiger charge is 2.24. The lowest BCUT2D eigenvalue weighted by molar-refractivity contribution is -0.0100. The molecule has 0 bridgehead atoms. The van der Waals surface area contributed by atoms with E-state index in [4.69, 9.17) is 9.47 Å². The molecule has 1 saturated heterocycles. The van der Waals surface area contributed by atoms with Crippen molar-refractivity contribution in [1.82, 2.24) is 5.32 Å². The maximum absolute atomic E-state index is 9.85. The summed E-state index contributed by atoms with van der Waals surface area (Å²) in [4.78, 5) is 0. The molecular formula is C14H29NO3. The third kappa shape index (κ3) is 6.14. The van der Waals surface area contributed by atoms with Gasteiger partial charge in [0.2, 0.25) is 0 Å². The SMILES string of the molecule is CC(C)CC(C)OCC(O)CNC1CCOC1C. The van der Waals surface area contributed by atoms with Gasteiger partial charge in [-0.25, -0.2) is 0 Å². The van der Waals surface area contributed by atoms with Crippen molar-refractivity contribution >= 4 is 0 Å². The molecule has 18 heavy (non-hydrogen) atoms. The monoisotopic (exact) mass is 259 g/mol. The molecule has 0 spiro atoms. The van der Waals surface area contributed by atoms with Crippen molar-refractivity contribution in [3.05, 3.63) is 0 Å². The first-order valence-electron chi connectivity index (χ1n) is 7.13. The van der Waals surface area contributed by atoms with Gasteiger partial charge in [-0.15, -0.1) is 0 Å². The smallest absolute Gasteiger partial charge is 0.0897 e. The molecule has 108 valence electrons. The van der Waals surface area contributed by atoms with E-state index in [0.717, 1.165) is 19.4 Å². The van der Waals surface area contributed by atoms with E-state index in [1.807, 2.05) is 0 Å². The largest absolute Gasteiger partial charge is 0.389 e. The van der Waals surface area contributed by atoms with Crippen molar-refractivity contribution in [2.75, 3.05) is 19.8 Å². The molecule has 0 aromatic heterocycles. The zero-order chi connectivity index (χ0) is 13.5. The number of aliphatic hydroxyl groups excluding tert-OH is 1. The first kappa shape index (κ1) is 15.9. The maximum Gasteiger partial charge on any atom is 0.0897 e. The van der Waals surface area contributed by atoms with E-state index in [2.05, 4.69) is 33.0 Å². The van der Waals surface area contributed by atoms with Crippen LogP contribution in [-0.2, 0) is 9.47 Å². The molecule has 0 amide bonds. The van der Waals surface area contributed by atoms with Crippen molar-refractivity contribution in [2.45, 2.75) is 64.9 Å². The Kier molecular flexibility index (Phi) is 7.15. The summed E-state index contributed by atoms with van der Waals surface area (Å²) in [6, 6.07) is 0.368. The van der Waals surface area contributed by atoms with Gasteiger partial charge in [-0.05, 0) is 32.6 Å². The van der Waals surface area contributed by atoms with Crippen molar-refractivity contribution in [1.29, 1.82) is 0 Å². The highest BCUT2D eigenvalue weighted by Crippen LogP contribution is 2.12. The fraction of sp³-hybridized carbons (Fsp3) is 1.00. The molecule has 0 aromatic rings. The average Bonchev–Trinajstić information content (AvgIpc) is 2.68. The van der Waals surface area contributed by atoms with E-state index in [9.17, 15) is 5.11 Å². The molecule has 1 fully saturated rings. The molecule has 1 rings (SSSR count). The van der Waals surface area contributed by atoms with Crippen LogP contribution in [0.3, 0.4) is 0 Å². The summed E-state index contributed by atoms with van der Waals surface area (Å²) in [5, 5.41) is 13.2. The second-order valence-electron chi connectivity index (χ2n) is 5.81. The second kappa shape index (κ2) is 8.10. The lowest BCUT2D eigenvalue weighted by atomic mass is 10.1. The van der Waals surface area contributed by atoms with Crippen LogP contribution in [0.4, 0.5) is 0 Å². The molecule has 2 N–H and O–H groups in total. The van der Waals surface area contributed by atoms with Gasteiger partial charge in [-0.2, -0.15) is 0 Å². The predicted molar refractivity (Wildman–Crippen MR) is 72.7 cm³/mol. The van der Waals surface area contributed by atoms with E-state index in [-0.39, 0.29) is 12.2 Å². The number of aliphatic hydroxyl groups is 1. The molecule has 4 atom stereocenters. The predicted octanol–water partition coefficient (Wildman–Crippen LogP) is 1.57. The first-order valence-corrected chi connectivity index (χ1v) is 7.13. The fourth-order valence-corrected chi connectivity index (χ4v) is 2.35. The van der Waals surface area contributed by atoms with Crippen LogP contribution < -0.4 is 5.32 Å². The maximum atomic E-state index is 9.85. The normalized spacial score (nSPS) is 27.7. The van der Waals surface area contributed by atoms with Gasteiger partial charge in [-0.3, -0.25) is 0 Å². The lowest BCUT2D eigenvalue weighted by Crippen LogP contribution is -2.41. The lowest BCUT2D eigenvalue weighted by Gasteiger charge is -2.21. The summed E-state index contributed by atoms with van der Waals surface area (Å²) in [5.74, 6) is 0.631. The molecule has 4 heteroatoms. The molecule has 4 nitrogen and oxygen atoms in total. The van der Waals surface area contributed by atoms with Crippen LogP contribution in [-0.4, -0.2) is 49.2 Å². The fourth-order valence-electron chi connectivity index (χ4n) is 2.35. The second-order valence-corrected chi connectivity index (χ2v) is 5.81. The van der Waals surface area contributed by atoms with Gasteiger partial charge < -0.3 is 19.9 Å². The molecule has 0 aromatic carbocycles. The van der Waals surface area contributed by atoms with Crippen LogP contribution >= 0.6 is 0 Å². The molecule has 1 aliphatic rings. The van der Waals surface area contributed by atoms with E-state index in [1.54, 1.807) is 0 Å². The van der Waals surface area contributed by atoms with Gasteiger partial charge in [0.05, 0.1) is 24.9 Å². The number of hydrogen-bond acceptors (Lipinski definition) is 4. The molecule has 0 saturated carbocycles. The van der Waals surface area contributed by atoms with Gasteiger partial charge in [0.1, 0.15) is 0 Å². The van der Waals surface area contributed by atoms with Crippen molar-refractivity contribution in [3.63, 3.8) is 0 Å². The van der Waals surface area contributed by atoms with Crippen LogP contribution in [0.5, 0.6) is 0 Å². The summed E-state index contributed by atoms with van der Waals surface area (Å²) in [5.41, 5.74) is 0. The summed E-state index contributed by atoms with van der Waals surface area (Å²) < 4.78 is 11.1. The minimum absolute atomic E-state index is 0.216. The Hall–Kier alpha value is -0.160. The van der Waals surface area contributed by atoms with Gasteiger partial charge in [0.25, 0.3) is 0 Å². The first-order chi connectivity index (χ1) is 8.49. The quantitative estimate of drug-likeness (QED) is 0.694. The zero-order valence-electron chi connectivity index (χ0n) is 12.2. The highest BCUT2D eigenvalue weighted by molar-refractivity contribution is 4.80. The molecule has 0 radical (unpaired) electrons. The van der Waals surface area contributed by atoms with E-state index < -0.39 is 6.10 Å². The molecule has 1 aliphatic heterocycles. The van der Waals surface area contributed by atoms with Crippen molar-refractivity contribution < 1.29 is 14.6 Å². The third-order valence-electron chi connectivity index (χ3n) is 3.37. The summed E-state index contributed by atoms with van der Waals surface area (Å²) in [6.45, 7) is 10.3. The van der Waals surface area contributed by atoms with E-state index in [1.165, 1.54) is 0 Å². The third-order valence-corrected chi connectivity index (χ3v) is 3.37. The van der Waals surface area contributed by atoms with Crippen LogP contribution in [0.1, 0.15) is 40.5 Å². The Morgan fingerprint density at radius 2 is 2.11 bits per heavy atom. The minimum atomic E-state index is -0.438. The average molecular weight is 259 g/mol. The standard InChI is InChI=1S/C14H29NO3/c1-10(2)7-11(3)18-9-13(16)8-15-14-5-6-17-12(14)4/h10-16H,5-9H2,1-4H3. The molecule has 0 aliphatic carbocycles. The summed E-state index contributed by atoms with van der Waals surface area (Å²) >= 11 is 0. The topological polar surface area (TPSA) is 50.7 Å². The highest BCUT2D eigenvalue weighted by atomic mass is 16.5. The van der Waals surface area contributed by atoms with E-state index >= 15 is 0 Å². The van der Waals surface area contributed by atoms with Gasteiger partial charge >= 0.3 is 0 Å². The van der Waals surface area contributed by atoms with Crippen LogP contribution in [0, 0.1) is 5.92 Å². The molecule has 1 heterocycles. The Morgan fingerprint density at radius 1 is 1.39 bits per heavy atom. The number of hydrogen-bond donors (Lipinski definition) is 2. The summed E-state index contributed by atoms with van der Waals surface area (Å²) in [7, 11) is 0. The van der Waals surface area contributed by atoms with E-state index in [0.29, 0.717) is 25.1 Å². The number of nitrogens with one attached hydrogen (secondary N) is 1. The van der Waals surface area contributed by atoms with Gasteiger partial charge in [-0.1, -0.05) is 13.8 Å². The molecular weight excluding hydrogens is 230 g/mol. The Bertz CT molecular complexity index is 223. The van der Waals surface area contributed by atoms with Gasteiger partial charge in [0.15, 0.2) is 0 Å². The Balaban J connectivity index is 2.08. The van der Waals surface area contributed by atoms with Crippen LogP contribution in [0.2, 0.25) is 0 Å². The van der Waals surface area contributed by atoms with Crippen molar-refractivity contribution in [3.8, 4) is 0 Å². The zero-order valence-corrected chi connectivity index (χ0v) is 12.2. The number of ether oxygens (including phenoxy) is 2. The molecule has 4 unspecified atom stereocenters. The Morgan fingerprint density at radius 3 is 2.67 bits per heavy atom. The Labute approximate surface area is 111 Å². The van der Waals surface area contributed by atoms with Gasteiger partial charge in [0, 0.05) is 19.2 Å².